The molecule has 0 aromatic heterocycles. The first-order valence-electron chi connectivity index (χ1n) is 4.44. The molecule has 0 aliphatic heterocycles. The summed E-state index contributed by atoms with van der Waals surface area (Å²) >= 11 is 0. The van der Waals surface area contributed by atoms with Crippen LogP contribution in [0.4, 0.5) is 0 Å². The monoisotopic (exact) mass is 190 g/mol. The van der Waals surface area contributed by atoms with E-state index in [4.69, 9.17) is 10.2 Å². The lowest BCUT2D eigenvalue weighted by Crippen LogP contribution is -2.10. The largest absolute Gasteiger partial charge is 0.481 e. The van der Waals surface area contributed by atoms with E-state index in [0.717, 1.165) is 12.8 Å². The summed E-state index contributed by atoms with van der Waals surface area (Å²) in [5, 5.41) is 16.1. The second kappa shape index (κ2) is 9.03. The molecular weight excluding hydrogens is 172 g/mol. The Bertz CT molecular complexity index is 150. The Labute approximate surface area is 78.6 Å². The molecule has 4 heteroatoms. The van der Waals surface area contributed by atoms with E-state index in [1.807, 2.05) is 13.8 Å². The van der Waals surface area contributed by atoms with Gasteiger partial charge >= 0.3 is 11.9 Å². The molecule has 0 bridgehead atoms. The summed E-state index contributed by atoms with van der Waals surface area (Å²) in [4.78, 5) is 19.5. The van der Waals surface area contributed by atoms with Gasteiger partial charge in [0.15, 0.2) is 0 Å². The molecule has 0 aromatic carbocycles. The first kappa shape index (κ1) is 14.5. The van der Waals surface area contributed by atoms with Crippen LogP contribution in [0.15, 0.2) is 0 Å². The number of carboxylic acids is 2. The van der Waals surface area contributed by atoms with Crippen molar-refractivity contribution in [2.24, 2.45) is 5.92 Å². The highest BCUT2D eigenvalue weighted by atomic mass is 16.4. The van der Waals surface area contributed by atoms with Crippen molar-refractivity contribution in [1.82, 2.24) is 0 Å². The van der Waals surface area contributed by atoms with E-state index in [0.29, 0.717) is 0 Å². The van der Waals surface area contributed by atoms with E-state index in [1.165, 1.54) is 0 Å². The van der Waals surface area contributed by atoms with Crippen molar-refractivity contribution in [3.63, 3.8) is 0 Å². The van der Waals surface area contributed by atoms with Crippen LogP contribution in [0.5, 0.6) is 0 Å². The number of carbonyl (C=O) groups is 2. The van der Waals surface area contributed by atoms with Crippen LogP contribution in [0.2, 0.25) is 0 Å². The van der Waals surface area contributed by atoms with E-state index >= 15 is 0 Å². The van der Waals surface area contributed by atoms with Crippen LogP contribution >= 0.6 is 0 Å². The number of aliphatic carboxylic acids is 2. The van der Waals surface area contributed by atoms with Crippen LogP contribution < -0.4 is 0 Å². The zero-order valence-electron chi connectivity index (χ0n) is 8.41. The molecule has 0 atom stereocenters. The Morgan fingerprint density at radius 1 is 1.08 bits per heavy atom. The molecule has 0 unspecified atom stereocenters. The van der Waals surface area contributed by atoms with Gasteiger partial charge in [-0.25, -0.2) is 0 Å². The maximum atomic E-state index is 10.2. The lowest BCUT2D eigenvalue weighted by atomic mass is 10.1. The van der Waals surface area contributed by atoms with Gasteiger partial charge in [-0.15, -0.1) is 0 Å². The molecule has 78 valence electrons. The van der Waals surface area contributed by atoms with Gasteiger partial charge in [0.1, 0.15) is 0 Å². The summed E-state index contributed by atoms with van der Waals surface area (Å²) in [5.41, 5.74) is 0. The molecule has 4 nitrogen and oxygen atoms in total. The molecule has 2 N–H and O–H groups in total. The maximum Gasteiger partial charge on any atom is 0.306 e. The van der Waals surface area contributed by atoms with Crippen molar-refractivity contribution >= 4 is 11.9 Å². The first-order chi connectivity index (χ1) is 5.99. The van der Waals surface area contributed by atoms with Crippen LogP contribution in [0, 0.1) is 5.92 Å². The fourth-order valence-electron chi connectivity index (χ4n) is 0.638. The summed E-state index contributed by atoms with van der Waals surface area (Å²) in [7, 11) is 0. The van der Waals surface area contributed by atoms with Gasteiger partial charge < -0.3 is 10.2 Å². The van der Waals surface area contributed by atoms with E-state index in [2.05, 4.69) is 0 Å². The molecule has 13 heavy (non-hydrogen) atoms. The Kier molecular flexibility index (Phi) is 10.0. The lowest BCUT2D eigenvalue weighted by Gasteiger charge is -2.02. The quantitative estimate of drug-likeness (QED) is 0.710. The molecular formula is C9H18O4. The van der Waals surface area contributed by atoms with Crippen LogP contribution in [0.1, 0.15) is 40.0 Å². The Balaban J connectivity index is 0. The Morgan fingerprint density at radius 3 is 1.38 bits per heavy atom. The summed E-state index contributed by atoms with van der Waals surface area (Å²) in [5.74, 6) is -1.55. The molecule has 0 aliphatic carbocycles. The molecule has 0 rings (SSSR count). The van der Waals surface area contributed by atoms with E-state index < -0.39 is 11.9 Å². The Morgan fingerprint density at radius 2 is 1.38 bits per heavy atom. The first-order valence-corrected chi connectivity index (χ1v) is 4.44. The predicted molar refractivity (Wildman–Crippen MR) is 49.6 cm³/mol. The average Bonchev–Trinajstić information content (AvgIpc) is 2.07. The maximum absolute atomic E-state index is 10.2. The third kappa shape index (κ3) is 10.9. The van der Waals surface area contributed by atoms with Gasteiger partial charge in [0, 0.05) is 6.42 Å². The molecule has 0 fully saturated rings. The highest BCUT2D eigenvalue weighted by Gasteiger charge is 2.10. The van der Waals surface area contributed by atoms with Crippen molar-refractivity contribution in [3.05, 3.63) is 0 Å². The predicted octanol–water partition coefficient (Wildman–Crippen LogP) is 1.99. The van der Waals surface area contributed by atoms with Gasteiger partial charge in [0.25, 0.3) is 0 Å². The van der Waals surface area contributed by atoms with Gasteiger partial charge in [-0.2, -0.15) is 0 Å². The van der Waals surface area contributed by atoms with Crippen molar-refractivity contribution < 1.29 is 19.8 Å². The number of carboxylic acid groups (broad SMARTS) is 2. The minimum atomic E-state index is -0.745. The van der Waals surface area contributed by atoms with Gasteiger partial charge in [-0.1, -0.05) is 20.8 Å². The van der Waals surface area contributed by atoms with Crippen LogP contribution in [0.3, 0.4) is 0 Å². The lowest BCUT2D eigenvalue weighted by molar-refractivity contribution is -0.142. The molecule has 0 saturated carbocycles. The highest BCUT2D eigenvalue weighted by molar-refractivity contribution is 5.69. The van der Waals surface area contributed by atoms with Crippen LogP contribution in [0.25, 0.3) is 0 Å². The van der Waals surface area contributed by atoms with Crippen LogP contribution in [-0.2, 0) is 9.59 Å². The molecule has 0 aliphatic rings. The molecule has 0 heterocycles. The summed E-state index contributed by atoms with van der Waals surface area (Å²) in [6.07, 6.45) is 1.71. The highest BCUT2D eigenvalue weighted by Crippen LogP contribution is 2.05. The van der Waals surface area contributed by atoms with E-state index in [1.54, 1.807) is 6.92 Å². The zero-order valence-corrected chi connectivity index (χ0v) is 8.41. The second-order valence-electron chi connectivity index (χ2n) is 2.60. The smallest absolute Gasteiger partial charge is 0.306 e. The summed E-state index contributed by atoms with van der Waals surface area (Å²) in [6, 6.07) is 0. The second-order valence-corrected chi connectivity index (χ2v) is 2.60. The van der Waals surface area contributed by atoms with Gasteiger partial charge in [0.2, 0.25) is 0 Å². The molecule has 0 radical (unpaired) electrons. The fraction of sp³-hybridized carbons (Fsp3) is 0.778. The number of hydrogen-bond acceptors (Lipinski definition) is 2. The van der Waals surface area contributed by atoms with Crippen molar-refractivity contribution in [2.75, 3.05) is 0 Å². The molecule has 0 spiro atoms. The van der Waals surface area contributed by atoms with Crippen molar-refractivity contribution in [2.45, 2.75) is 40.0 Å². The normalized spacial score (nSPS) is 8.92. The SMILES string of the molecule is CCC(=O)O.CCC(CC)C(=O)O. The Hall–Kier alpha value is -1.06. The number of hydrogen-bond donors (Lipinski definition) is 2. The topological polar surface area (TPSA) is 74.6 Å². The summed E-state index contributed by atoms with van der Waals surface area (Å²) in [6.45, 7) is 5.38. The van der Waals surface area contributed by atoms with E-state index in [9.17, 15) is 9.59 Å². The van der Waals surface area contributed by atoms with Crippen molar-refractivity contribution in [3.8, 4) is 0 Å². The molecule has 0 amide bonds. The number of rotatable bonds is 4. The molecule has 0 saturated heterocycles. The van der Waals surface area contributed by atoms with Gasteiger partial charge in [0.05, 0.1) is 5.92 Å². The fourth-order valence-corrected chi connectivity index (χ4v) is 0.638. The van der Waals surface area contributed by atoms with Crippen molar-refractivity contribution in [1.29, 1.82) is 0 Å². The third-order valence-electron chi connectivity index (χ3n) is 1.64. The third-order valence-corrected chi connectivity index (χ3v) is 1.64. The standard InChI is InChI=1S/C6H12O2.C3H6O2/c1-3-5(4-2)6(7)8;1-2-3(4)5/h5H,3-4H2,1-2H3,(H,7,8);2H2,1H3,(H,4,5). The minimum Gasteiger partial charge on any atom is -0.481 e. The molecule has 0 aromatic rings. The minimum absolute atomic E-state index is 0.130. The van der Waals surface area contributed by atoms with Gasteiger partial charge in [-0.05, 0) is 12.8 Å². The average molecular weight is 190 g/mol. The van der Waals surface area contributed by atoms with Crippen LogP contribution in [-0.4, -0.2) is 22.2 Å². The van der Waals surface area contributed by atoms with Gasteiger partial charge in [-0.3, -0.25) is 9.59 Å². The summed E-state index contributed by atoms with van der Waals surface area (Å²) < 4.78 is 0. The zero-order chi connectivity index (χ0) is 10.9. The van der Waals surface area contributed by atoms with E-state index in [-0.39, 0.29) is 12.3 Å².